The number of hydrogen-bond acceptors (Lipinski definition) is 5. The zero-order chi connectivity index (χ0) is 20.5. The maximum Gasteiger partial charge on any atom is 0.338 e. The fourth-order valence-electron chi connectivity index (χ4n) is 2.32. The normalized spacial score (nSPS) is 11.4. The van der Waals surface area contributed by atoms with Crippen LogP contribution in [-0.2, 0) is 16.1 Å². The third kappa shape index (κ3) is 6.16. The molecule has 2 rings (SSSR count). The molecule has 0 aliphatic heterocycles. The van der Waals surface area contributed by atoms with Crippen molar-refractivity contribution in [1.82, 2.24) is 5.32 Å². The molecule has 0 fully saturated rings. The molecular weight excluding hydrogens is 382 g/mol. The summed E-state index contributed by atoms with van der Waals surface area (Å²) in [6.45, 7) is 3.76. The number of hydrogen-bond donors (Lipinski definition) is 1. The fraction of sp³-hybridized carbons (Fsp3) is 0.333. The van der Waals surface area contributed by atoms with Crippen molar-refractivity contribution < 1.29 is 23.8 Å². The van der Waals surface area contributed by atoms with Crippen molar-refractivity contribution in [3.8, 4) is 11.5 Å². The van der Waals surface area contributed by atoms with Crippen LogP contribution in [0.4, 0.5) is 0 Å². The van der Waals surface area contributed by atoms with E-state index in [-0.39, 0.29) is 30.7 Å². The number of ether oxygens (including phenoxy) is 3. The average Bonchev–Trinajstić information content (AvgIpc) is 2.71. The number of benzene rings is 2. The minimum atomic E-state index is -0.616. The highest BCUT2D eigenvalue weighted by molar-refractivity contribution is 6.31. The van der Waals surface area contributed by atoms with E-state index < -0.39 is 5.97 Å². The average molecular weight is 406 g/mol. The van der Waals surface area contributed by atoms with Crippen molar-refractivity contribution in [2.45, 2.75) is 32.9 Å². The summed E-state index contributed by atoms with van der Waals surface area (Å²) in [6, 6.07) is 12.1. The highest BCUT2D eigenvalue weighted by Gasteiger charge is 2.15. The summed E-state index contributed by atoms with van der Waals surface area (Å²) in [5.74, 6) is -0.108. The largest absolute Gasteiger partial charge is 0.493 e. The van der Waals surface area contributed by atoms with E-state index in [4.69, 9.17) is 25.8 Å². The summed E-state index contributed by atoms with van der Waals surface area (Å²) in [4.78, 5) is 23.9. The summed E-state index contributed by atoms with van der Waals surface area (Å²) >= 11 is 6.13. The quantitative estimate of drug-likeness (QED) is 0.638. The van der Waals surface area contributed by atoms with Crippen LogP contribution in [-0.4, -0.2) is 31.6 Å². The zero-order valence-corrected chi connectivity index (χ0v) is 16.9. The smallest absolute Gasteiger partial charge is 0.338 e. The summed E-state index contributed by atoms with van der Waals surface area (Å²) in [5.41, 5.74) is 1.10. The maximum absolute atomic E-state index is 12.2. The predicted octanol–water partition coefficient (Wildman–Crippen LogP) is 4.00. The van der Waals surface area contributed by atoms with E-state index in [1.54, 1.807) is 18.2 Å². The highest BCUT2D eigenvalue weighted by atomic mass is 35.5. The Hall–Kier alpha value is -2.73. The van der Waals surface area contributed by atoms with Crippen molar-refractivity contribution in [3.63, 3.8) is 0 Å². The molecule has 28 heavy (non-hydrogen) atoms. The molecule has 0 unspecified atom stereocenters. The standard InChI is InChI=1S/C21H24ClNO5/c1-4-14(2)23-20(24)13-28-21(25)15-9-10-18(19(11-15)26-3)27-12-16-7-5-6-8-17(16)22/h5-11,14H,4,12-13H2,1-3H3,(H,23,24)/t14-/m0/s1. The van der Waals surface area contributed by atoms with E-state index in [9.17, 15) is 9.59 Å². The molecule has 2 aromatic carbocycles. The Morgan fingerprint density at radius 3 is 2.57 bits per heavy atom. The van der Waals surface area contributed by atoms with Crippen LogP contribution in [0, 0.1) is 0 Å². The first-order valence-electron chi connectivity index (χ1n) is 8.95. The van der Waals surface area contributed by atoms with Crippen molar-refractivity contribution in [1.29, 1.82) is 0 Å². The van der Waals surface area contributed by atoms with E-state index >= 15 is 0 Å². The minimum absolute atomic E-state index is 0.0286. The van der Waals surface area contributed by atoms with Gasteiger partial charge in [0.05, 0.1) is 12.7 Å². The molecule has 0 aliphatic carbocycles. The molecule has 150 valence electrons. The number of nitrogens with one attached hydrogen (secondary N) is 1. The maximum atomic E-state index is 12.2. The third-order valence-electron chi connectivity index (χ3n) is 4.09. The minimum Gasteiger partial charge on any atom is -0.493 e. The molecule has 7 heteroatoms. The number of rotatable bonds is 9. The Bertz CT molecular complexity index is 824. The topological polar surface area (TPSA) is 73.9 Å². The lowest BCUT2D eigenvalue weighted by atomic mass is 10.2. The summed E-state index contributed by atoms with van der Waals surface area (Å²) in [7, 11) is 1.48. The van der Waals surface area contributed by atoms with Crippen LogP contribution < -0.4 is 14.8 Å². The lowest BCUT2D eigenvalue weighted by molar-refractivity contribution is -0.124. The lowest BCUT2D eigenvalue weighted by Gasteiger charge is -2.13. The number of carbonyl (C=O) groups is 2. The van der Waals surface area contributed by atoms with E-state index in [1.807, 2.05) is 32.0 Å². The van der Waals surface area contributed by atoms with Crippen LogP contribution in [0.15, 0.2) is 42.5 Å². The van der Waals surface area contributed by atoms with Gasteiger partial charge in [-0.25, -0.2) is 4.79 Å². The number of amides is 1. The van der Waals surface area contributed by atoms with Gasteiger partial charge in [-0.15, -0.1) is 0 Å². The summed E-state index contributed by atoms with van der Waals surface area (Å²) < 4.78 is 16.1. The number of carbonyl (C=O) groups excluding carboxylic acids is 2. The van der Waals surface area contributed by atoms with Gasteiger partial charge in [0.15, 0.2) is 18.1 Å². The highest BCUT2D eigenvalue weighted by Crippen LogP contribution is 2.29. The van der Waals surface area contributed by atoms with Crippen LogP contribution >= 0.6 is 11.6 Å². The molecule has 0 saturated heterocycles. The molecule has 0 bridgehead atoms. The first-order chi connectivity index (χ1) is 13.4. The van der Waals surface area contributed by atoms with Crippen LogP contribution in [0.1, 0.15) is 36.2 Å². The van der Waals surface area contributed by atoms with Crippen molar-refractivity contribution in [2.24, 2.45) is 0 Å². The summed E-state index contributed by atoms with van der Waals surface area (Å²) in [5, 5.41) is 3.34. The second kappa shape index (κ2) is 10.6. The molecule has 1 N–H and O–H groups in total. The first kappa shape index (κ1) is 21.6. The molecule has 2 aromatic rings. The van der Waals surface area contributed by atoms with E-state index in [2.05, 4.69) is 5.32 Å². The number of methoxy groups -OCH3 is 1. The Kier molecular flexibility index (Phi) is 8.14. The zero-order valence-electron chi connectivity index (χ0n) is 16.2. The molecule has 0 radical (unpaired) electrons. The van der Waals surface area contributed by atoms with E-state index in [0.717, 1.165) is 12.0 Å². The van der Waals surface area contributed by atoms with Gasteiger partial charge >= 0.3 is 5.97 Å². The van der Waals surface area contributed by atoms with Gasteiger partial charge in [0, 0.05) is 16.6 Å². The van der Waals surface area contributed by atoms with Gasteiger partial charge in [0.1, 0.15) is 6.61 Å². The van der Waals surface area contributed by atoms with Crippen LogP contribution in [0.5, 0.6) is 11.5 Å². The van der Waals surface area contributed by atoms with Gasteiger partial charge in [-0.3, -0.25) is 4.79 Å². The monoisotopic (exact) mass is 405 g/mol. The van der Waals surface area contributed by atoms with Crippen LogP contribution in [0.3, 0.4) is 0 Å². The van der Waals surface area contributed by atoms with Crippen LogP contribution in [0.2, 0.25) is 5.02 Å². The Morgan fingerprint density at radius 2 is 1.89 bits per heavy atom. The van der Waals surface area contributed by atoms with E-state index in [1.165, 1.54) is 13.2 Å². The molecule has 0 aromatic heterocycles. The Morgan fingerprint density at radius 1 is 1.14 bits per heavy atom. The van der Waals surface area contributed by atoms with Gasteiger partial charge < -0.3 is 19.5 Å². The van der Waals surface area contributed by atoms with E-state index in [0.29, 0.717) is 16.5 Å². The first-order valence-corrected chi connectivity index (χ1v) is 9.33. The SMILES string of the molecule is CC[C@H](C)NC(=O)COC(=O)c1ccc(OCc2ccccc2Cl)c(OC)c1. The molecule has 1 atom stereocenters. The fourth-order valence-corrected chi connectivity index (χ4v) is 2.51. The van der Waals surface area contributed by atoms with Gasteiger partial charge in [-0.2, -0.15) is 0 Å². The number of halogens is 1. The Labute approximate surface area is 169 Å². The molecule has 6 nitrogen and oxygen atoms in total. The molecule has 0 spiro atoms. The van der Waals surface area contributed by atoms with Crippen molar-refractivity contribution >= 4 is 23.5 Å². The van der Waals surface area contributed by atoms with Gasteiger partial charge in [0.2, 0.25) is 0 Å². The third-order valence-corrected chi connectivity index (χ3v) is 4.46. The summed E-state index contributed by atoms with van der Waals surface area (Å²) in [6.07, 6.45) is 0.798. The second-order valence-electron chi connectivity index (χ2n) is 6.20. The molecule has 0 saturated carbocycles. The molecule has 0 aliphatic rings. The molecular formula is C21H24ClNO5. The van der Waals surface area contributed by atoms with Crippen LogP contribution in [0.25, 0.3) is 0 Å². The Balaban J connectivity index is 1.98. The van der Waals surface area contributed by atoms with Gasteiger partial charge in [-0.1, -0.05) is 36.7 Å². The van der Waals surface area contributed by atoms with Crippen molar-refractivity contribution in [3.05, 3.63) is 58.6 Å². The number of esters is 1. The predicted molar refractivity (Wildman–Crippen MR) is 107 cm³/mol. The molecule has 0 heterocycles. The lowest BCUT2D eigenvalue weighted by Crippen LogP contribution is -2.35. The van der Waals surface area contributed by atoms with Gasteiger partial charge in [0.25, 0.3) is 5.91 Å². The second-order valence-corrected chi connectivity index (χ2v) is 6.61. The van der Waals surface area contributed by atoms with Gasteiger partial charge in [-0.05, 0) is 37.6 Å². The van der Waals surface area contributed by atoms with Crippen molar-refractivity contribution in [2.75, 3.05) is 13.7 Å². The molecule has 1 amide bonds.